The van der Waals surface area contributed by atoms with Crippen molar-refractivity contribution in [2.45, 2.75) is 168 Å². The Morgan fingerprint density at radius 2 is 1.27 bits per heavy atom. The standard InChI is InChI=1S/C28H36N8O10S2.C26H38N4O7.C13H17NO4/c1-28(2)19(24(38)36(28)46-48(41,42)43)10-21(37)23(20-14-47-27(30)33-20)34-45-22(25(39)40)13-44-18-4-3-15-11-35(12-16(15)9-18)26(29)32-17-5-7-31-8-6-17;1-6-35-23(33)22(32)16-36-21-8-7-18-14-30(15-19(18)13-21)24(27-17(2)31)28-20-9-11-29(12-10-20)25(34)37-26(3,4)5;1-2-17-13(16)12(15)8-18-11-4-3-9-6-14-7-10(9)5-11/h3-4,9,14,17,19,22,31H,5-8,10-13H2,1-2H3,(H2,29,32)(H2,30,33)(H,39,40)(H,41,42,43);7-8,13,20,22,32H,6,9-12,14-16H2,1-5H3,(H,27,28,31);3-5,12,14-15H,2,6-8H2,1H3/b34-23-;;/t19-,22+;22-;12-/m111/s1. The first-order valence-electron chi connectivity index (χ1n) is 33.5. The van der Waals surface area contributed by atoms with Crippen molar-refractivity contribution >= 4 is 86.1 Å². The van der Waals surface area contributed by atoms with Crippen molar-refractivity contribution in [1.82, 2.24) is 40.7 Å². The average molecular weight is 1480 g/mol. The summed E-state index contributed by atoms with van der Waals surface area (Å²) in [5.41, 5.74) is 16.3. The molecule has 4 atom stereocenters. The van der Waals surface area contributed by atoms with E-state index in [2.05, 4.69) is 40.1 Å². The number of ketones is 1. The summed E-state index contributed by atoms with van der Waals surface area (Å²) in [6.07, 6.45) is -1.87. The average Bonchev–Trinajstić information content (AvgIpc) is 1.59. The van der Waals surface area contributed by atoms with Crippen molar-refractivity contribution in [3.63, 3.8) is 0 Å². The highest BCUT2D eigenvalue weighted by atomic mass is 32.3. The molecule has 11 N–H and O–H groups in total. The first-order valence-corrected chi connectivity index (χ1v) is 35.8. The van der Waals surface area contributed by atoms with Gasteiger partial charge in [0.25, 0.3) is 12.0 Å². The molecule has 1 aromatic heterocycles. The highest BCUT2D eigenvalue weighted by Gasteiger charge is 2.58. The number of nitrogen functional groups attached to an aromatic ring is 1. The van der Waals surface area contributed by atoms with Crippen LogP contribution in [0.2, 0.25) is 0 Å². The number of aliphatic hydroxyl groups is 2. The van der Waals surface area contributed by atoms with E-state index in [0.717, 1.165) is 72.6 Å². The van der Waals surface area contributed by atoms with Crippen molar-refractivity contribution < 1.29 is 99.4 Å². The number of likely N-dealkylation sites (tertiary alicyclic amines) is 1. The SMILES string of the molecule is CC1(C)[C@H](CC(=O)/C(=N\O[C@@H](COc2ccc3c(c2)CN(C(N)=NC2CCNCC2)C3)C(=O)O)c2csc(N)n2)C(=O)N1OS(=O)(=O)O.CCOC(=O)[C@H](O)COc1ccc2c(c1)CN(C(=NC1CCN(C(=O)OC(C)(C)C)CC1)NC(C)=O)C2.CCOC(=O)[C@H](O)COc1ccc2c(c1)CNC2. The Morgan fingerprint density at radius 3 is 1.80 bits per heavy atom. The fourth-order valence-corrected chi connectivity index (χ4v) is 12.5. The Hall–Kier alpha value is -9.30. The molecule has 6 aliphatic rings. The van der Waals surface area contributed by atoms with Crippen LogP contribution in [-0.2, 0) is 102 Å². The Labute approximate surface area is 599 Å². The second-order valence-corrected chi connectivity index (χ2v) is 28.2. The molecule has 3 saturated heterocycles. The summed E-state index contributed by atoms with van der Waals surface area (Å²) in [5, 5.41) is 44.3. The van der Waals surface area contributed by atoms with E-state index < -0.39 is 94.1 Å². The molecule has 4 aromatic rings. The van der Waals surface area contributed by atoms with Gasteiger partial charge in [-0.1, -0.05) is 23.4 Å². The lowest BCUT2D eigenvalue weighted by Crippen LogP contribution is -2.68. The largest absolute Gasteiger partial charge is 0.490 e. The molecule has 3 amide bonds. The molecule has 34 nitrogen and oxygen atoms in total. The number of carbonyl (C=O) groups excluding carboxylic acids is 6. The number of aliphatic imine (C=N–C) groups is 2. The number of oxime groups is 1. The number of β-lactam (4-membered cyclic amide) rings is 1. The van der Waals surface area contributed by atoms with E-state index in [4.69, 9.17) is 49.5 Å². The van der Waals surface area contributed by atoms with Crippen LogP contribution in [0.4, 0.5) is 9.93 Å². The normalized spacial score (nSPS) is 18.4. The number of hydrogen-bond donors (Lipinski definition) is 9. The van der Waals surface area contributed by atoms with E-state index in [9.17, 15) is 57.3 Å². The summed E-state index contributed by atoms with van der Waals surface area (Å²) in [6, 6.07) is 16.8. The van der Waals surface area contributed by atoms with Crippen molar-refractivity contribution in [1.29, 1.82) is 0 Å². The molecule has 0 aliphatic carbocycles. The summed E-state index contributed by atoms with van der Waals surface area (Å²) in [6.45, 7) is 19.6. The maximum Gasteiger partial charge on any atom is 0.418 e. The zero-order chi connectivity index (χ0) is 74.9. The lowest BCUT2D eigenvalue weighted by molar-refractivity contribution is -0.228. The number of amides is 3. The summed E-state index contributed by atoms with van der Waals surface area (Å²) < 4.78 is 67.2. The Kier molecular flexibility index (Phi) is 27.5. The van der Waals surface area contributed by atoms with Gasteiger partial charge < -0.3 is 85.4 Å². The number of carboxylic acid groups (broad SMARTS) is 1. The van der Waals surface area contributed by atoms with Crippen LogP contribution in [0, 0.1) is 5.92 Å². The molecular weight excluding hydrogens is 1390 g/mol. The number of rotatable bonds is 24. The number of carboxylic acids is 1. The van der Waals surface area contributed by atoms with Crippen LogP contribution in [0.3, 0.4) is 0 Å². The number of nitrogens with two attached hydrogens (primary N) is 2. The highest BCUT2D eigenvalue weighted by Crippen LogP contribution is 2.41. The summed E-state index contributed by atoms with van der Waals surface area (Å²) in [5.74, 6) is -3.20. The smallest absolute Gasteiger partial charge is 0.418 e. The predicted molar refractivity (Wildman–Crippen MR) is 372 cm³/mol. The van der Waals surface area contributed by atoms with Gasteiger partial charge in [0.2, 0.25) is 11.9 Å². The van der Waals surface area contributed by atoms with Crippen LogP contribution in [0.25, 0.3) is 0 Å². The lowest BCUT2D eigenvalue weighted by Gasteiger charge is -2.50. The van der Waals surface area contributed by atoms with Crippen LogP contribution in [0.15, 0.2) is 75.1 Å². The number of ether oxygens (including phenoxy) is 6. The number of hydroxylamine groups is 2. The van der Waals surface area contributed by atoms with Gasteiger partial charge in [0, 0.05) is 71.1 Å². The van der Waals surface area contributed by atoms with E-state index in [1.165, 1.54) is 37.3 Å². The number of aliphatic hydroxyl groups excluding tert-OH is 2. The zero-order valence-electron chi connectivity index (χ0n) is 58.7. The maximum absolute atomic E-state index is 13.4. The van der Waals surface area contributed by atoms with E-state index in [0.29, 0.717) is 86.3 Å². The number of fused-ring (bicyclic) bond motifs is 3. The molecule has 0 unspecified atom stereocenters. The molecule has 103 heavy (non-hydrogen) atoms. The minimum atomic E-state index is -4.99. The molecule has 7 heterocycles. The number of aliphatic carboxylic acids is 1. The number of aromatic nitrogens is 1. The van der Waals surface area contributed by atoms with Gasteiger partial charge in [-0.15, -0.1) is 15.6 Å². The third-order valence-corrected chi connectivity index (χ3v) is 17.9. The van der Waals surface area contributed by atoms with Gasteiger partial charge in [-0.3, -0.25) is 24.3 Å². The lowest BCUT2D eigenvalue weighted by atomic mass is 9.74. The van der Waals surface area contributed by atoms with E-state index in [1.54, 1.807) is 36.9 Å². The van der Waals surface area contributed by atoms with Gasteiger partial charge in [0.15, 0.2) is 34.8 Å². The third kappa shape index (κ3) is 22.8. The molecule has 6 aliphatic heterocycles. The molecule has 3 aromatic carbocycles. The van der Waals surface area contributed by atoms with Gasteiger partial charge >= 0.3 is 34.4 Å². The molecular formula is C67H91N13O21S2. The molecule has 0 radical (unpaired) electrons. The van der Waals surface area contributed by atoms with Crippen molar-refractivity contribution in [3.8, 4) is 17.2 Å². The number of anilines is 1. The predicted octanol–water partition coefficient (Wildman–Crippen LogP) is 3.08. The van der Waals surface area contributed by atoms with Crippen LogP contribution in [0.1, 0.15) is 127 Å². The van der Waals surface area contributed by atoms with Crippen molar-refractivity contribution in [2.75, 3.05) is 64.9 Å². The third-order valence-electron chi connectivity index (χ3n) is 16.9. The number of carbonyl (C=O) groups is 7. The number of Topliss-reactive ketones (excluding diaryl/α,β-unsaturated/α-hetero) is 1. The van der Waals surface area contributed by atoms with Crippen LogP contribution in [0.5, 0.6) is 17.2 Å². The van der Waals surface area contributed by atoms with Crippen LogP contribution in [-0.4, -0.2) is 213 Å². The fraction of sp³-hybridized carbons (Fsp3) is 0.537. The first kappa shape index (κ1) is 79.4. The summed E-state index contributed by atoms with van der Waals surface area (Å²) >= 11 is 0.990. The van der Waals surface area contributed by atoms with E-state index in [-0.39, 0.29) is 61.3 Å². The first-order chi connectivity index (χ1) is 48.8. The van der Waals surface area contributed by atoms with Gasteiger partial charge in [0.05, 0.1) is 36.8 Å². The topological polar surface area (TPSA) is 459 Å². The van der Waals surface area contributed by atoms with Crippen molar-refractivity contribution in [2.24, 2.45) is 26.8 Å². The van der Waals surface area contributed by atoms with E-state index >= 15 is 0 Å². The number of piperidine rings is 2. The maximum atomic E-state index is 13.4. The summed E-state index contributed by atoms with van der Waals surface area (Å²) in [4.78, 5) is 110. The Bertz CT molecular complexity index is 3910. The minimum Gasteiger partial charge on any atom is -0.490 e. The number of esters is 2. The monoisotopic (exact) mass is 1480 g/mol. The van der Waals surface area contributed by atoms with Gasteiger partial charge in [-0.25, -0.2) is 34.1 Å². The zero-order valence-corrected chi connectivity index (χ0v) is 60.3. The molecule has 10 rings (SSSR count). The highest BCUT2D eigenvalue weighted by molar-refractivity contribution is 7.80. The minimum absolute atomic E-state index is 0.0191. The fourth-order valence-electron chi connectivity index (χ4n) is 11.5. The summed E-state index contributed by atoms with van der Waals surface area (Å²) in [7, 11) is -4.99. The molecule has 3 fully saturated rings. The number of thiazole rings is 1. The Balaban J connectivity index is 0.000000215. The quantitative estimate of drug-likeness (QED) is 0.00925. The number of nitrogens with one attached hydrogen (secondary N) is 3. The molecule has 0 bridgehead atoms. The second-order valence-electron chi connectivity index (χ2n) is 26.3. The number of benzene rings is 3. The number of hydrogen-bond acceptors (Lipinski definition) is 27. The van der Waals surface area contributed by atoms with Crippen molar-refractivity contribution in [3.05, 3.63) is 99.1 Å². The van der Waals surface area contributed by atoms with Gasteiger partial charge in [0.1, 0.15) is 48.4 Å². The molecule has 562 valence electrons. The number of guanidine groups is 2. The second kappa shape index (κ2) is 35.7. The van der Waals surface area contributed by atoms with Crippen LogP contribution >= 0.6 is 11.3 Å². The molecule has 36 heteroatoms. The van der Waals surface area contributed by atoms with Crippen LogP contribution < -0.4 is 41.6 Å². The van der Waals surface area contributed by atoms with E-state index in [1.807, 2.05) is 67.0 Å². The van der Waals surface area contributed by atoms with Gasteiger partial charge in [-0.05, 0) is 157 Å². The Morgan fingerprint density at radius 1 is 0.748 bits per heavy atom. The molecule has 0 saturated carbocycles. The number of nitrogens with zero attached hydrogens (tertiary/aromatic N) is 8. The van der Waals surface area contributed by atoms with Gasteiger partial charge in [-0.2, -0.15) is 13.5 Å². The molecule has 0 spiro atoms.